The van der Waals surface area contributed by atoms with Crippen molar-refractivity contribution in [1.29, 1.82) is 0 Å². The molecule has 1 aromatic rings. The molecule has 0 bridgehead atoms. The van der Waals surface area contributed by atoms with Gasteiger partial charge in [0.1, 0.15) is 0 Å². The Kier molecular flexibility index (Phi) is 7.08. The number of nitrogens with two attached hydrogens (primary N) is 1. The highest BCUT2D eigenvalue weighted by atomic mass is 32.2. The highest BCUT2D eigenvalue weighted by Gasteiger charge is 2.44. The fraction of sp³-hybridized carbons (Fsp3) is 0.696. The number of amides is 1. The molecule has 3 aliphatic rings. The molecule has 10 heteroatoms. The van der Waals surface area contributed by atoms with Crippen LogP contribution in [0.1, 0.15) is 63.4 Å². The summed E-state index contributed by atoms with van der Waals surface area (Å²) in [6.07, 6.45) is 3.00. The molecule has 33 heavy (non-hydrogen) atoms. The van der Waals surface area contributed by atoms with Crippen LogP contribution in [-0.4, -0.2) is 54.7 Å². The quantitative estimate of drug-likeness (QED) is 0.662. The van der Waals surface area contributed by atoms with Crippen LogP contribution in [0.5, 0.6) is 0 Å². The van der Waals surface area contributed by atoms with Gasteiger partial charge in [0.15, 0.2) is 0 Å². The second-order valence-corrected chi connectivity index (χ2v) is 11.4. The SMILES string of the molecule is N[C@@H](C(=O)N1CCC(N(C2CC2)S(=O)(=O)c2cccc(C(F)(F)F)c2)CC1)C1CCCCC1. The highest BCUT2D eigenvalue weighted by molar-refractivity contribution is 7.89. The molecule has 1 amide bonds. The van der Waals surface area contributed by atoms with Crippen molar-refractivity contribution in [3.05, 3.63) is 29.8 Å². The molecule has 184 valence electrons. The maximum atomic E-state index is 13.4. The molecule has 2 saturated carbocycles. The summed E-state index contributed by atoms with van der Waals surface area (Å²) in [5.41, 5.74) is 5.31. The second kappa shape index (κ2) is 9.54. The van der Waals surface area contributed by atoms with E-state index in [9.17, 15) is 26.4 Å². The largest absolute Gasteiger partial charge is 0.416 e. The molecule has 1 aromatic carbocycles. The lowest BCUT2D eigenvalue weighted by molar-refractivity contribution is -0.138. The minimum Gasteiger partial charge on any atom is -0.341 e. The third-order valence-electron chi connectivity index (χ3n) is 7.22. The van der Waals surface area contributed by atoms with Gasteiger partial charge in [0.2, 0.25) is 15.9 Å². The number of hydrogen-bond acceptors (Lipinski definition) is 4. The number of piperidine rings is 1. The summed E-state index contributed by atoms with van der Waals surface area (Å²) in [6.45, 7) is 0.816. The number of alkyl halides is 3. The molecular formula is C23H32F3N3O3S. The average molecular weight is 488 g/mol. The van der Waals surface area contributed by atoms with Gasteiger partial charge >= 0.3 is 6.18 Å². The Morgan fingerprint density at radius 1 is 1.00 bits per heavy atom. The lowest BCUT2D eigenvalue weighted by atomic mass is 9.83. The van der Waals surface area contributed by atoms with Gasteiger partial charge in [0.05, 0.1) is 16.5 Å². The van der Waals surface area contributed by atoms with E-state index in [4.69, 9.17) is 5.73 Å². The molecule has 1 saturated heterocycles. The molecule has 2 aliphatic carbocycles. The van der Waals surface area contributed by atoms with Crippen LogP contribution >= 0.6 is 0 Å². The van der Waals surface area contributed by atoms with Crippen molar-refractivity contribution >= 4 is 15.9 Å². The number of halogens is 3. The fourth-order valence-electron chi connectivity index (χ4n) is 5.22. The maximum absolute atomic E-state index is 13.4. The van der Waals surface area contributed by atoms with Gasteiger partial charge in [0.25, 0.3) is 0 Å². The Balaban J connectivity index is 1.45. The van der Waals surface area contributed by atoms with Crippen molar-refractivity contribution in [3.63, 3.8) is 0 Å². The second-order valence-electron chi connectivity index (χ2n) is 9.57. The van der Waals surface area contributed by atoms with E-state index >= 15 is 0 Å². The van der Waals surface area contributed by atoms with Crippen LogP contribution in [0, 0.1) is 5.92 Å². The zero-order valence-corrected chi connectivity index (χ0v) is 19.5. The minimum atomic E-state index is -4.61. The first kappa shape index (κ1) is 24.5. The van der Waals surface area contributed by atoms with Crippen LogP contribution in [0.15, 0.2) is 29.2 Å². The van der Waals surface area contributed by atoms with Crippen LogP contribution in [0.4, 0.5) is 13.2 Å². The predicted octanol–water partition coefficient (Wildman–Crippen LogP) is 3.76. The standard InChI is InChI=1S/C23H32F3N3O3S/c24-23(25,26)17-7-4-8-20(15-17)33(31,32)29(18-9-10-18)19-11-13-28(14-12-19)22(30)21(27)16-5-2-1-3-6-16/h4,7-8,15-16,18-19,21H,1-3,5-6,9-14,27H2/t21-/m1/s1. The number of carbonyl (C=O) groups is 1. The molecule has 1 aliphatic heterocycles. The van der Waals surface area contributed by atoms with Crippen molar-refractivity contribution in [1.82, 2.24) is 9.21 Å². The molecule has 1 atom stereocenters. The summed E-state index contributed by atoms with van der Waals surface area (Å²) in [5.74, 6) is 0.132. The molecule has 0 unspecified atom stereocenters. The summed E-state index contributed by atoms with van der Waals surface area (Å²) in [5, 5.41) is 0. The number of rotatable bonds is 6. The predicted molar refractivity (Wildman–Crippen MR) is 118 cm³/mol. The van der Waals surface area contributed by atoms with Gasteiger partial charge in [-0.1, -0.05) is 25.3 Å². The number of carbonyl (C=O) groups excluding carboxylic acids is 1. The molecule has 4 rings (SSSR count). The van der Waals surface area contributed by atoms with Gasteiger partial charge in [-0.15, -0.1) is 0 Å². The molecule has 2 N–H and O–H groups in total. The minimum absolute atomic E-state index is 0.0703. The van der Waals surface area contributed by atoms with Gasteiger partial charge in [-0.05, 0) is 62.6 Å². The number of sulfonamides is 1. The molecule has 1 heterocycles. The van der Waals surface area contributed by atoms with E-state index in [1.807, 2.05) is 0 Å². The molecule has 3 fully saturated rings. The lowest BCUT2D eigenvalue weighted by Crippen LogP contribution is -2.54. The summed E-state index contributed by atoms with van der Waals surface area (Å²) in [4.78, 5) is 14.3. The first-order valence-corrected chi connectivity index (χ1v) is 13.3. The van der Waals surface area contributed by atoms with Crippen LogP contribution in [0.25, 0.3) is 0 Å². The topological polar surface area (TPSA) is 83.7 Å². The summed E-state index contributed by atoms with van der Waals surface area (Å²) in [7, 11) is -4.09. The van der Waals surface area contributed by atoms with Crippen molar-refractivity contribution < 1.29 is 26.4 Å². The molecular weight excluding hydrogens is 455 g/mol. The van der Waals surface area contributed by atoms with Crippen molar-refractivity contribution in [2.24, 2.45) is 11.7 Å². The van der Waals surface area contributed by atoms with E-state index < -0.39 is 27.8 Å². The van der Waals surface area contributed by atoms with E-state index in [2.05, 4.69) is 0 Å². The van der Waals surface area contributed by atoms with Gasteiger partial charge in [0, 0.05) is 25.2 Å². The fourth-order valence-corrected chi connectivity index (χ4v) is 7.20. The normalized spacial score (nSPS) is 22.5. The number of hydrogen-bond donors (Lipinski definition) is 1. The first-order valence-electron chi connectivity index (χ1n) is 11.8. The zero-order valence-electron chi connectivity index (χ0n) is 18.6. The average Bonchev–Trinajstić information content (AvgIpc) is 3.63. The van der Waals surface area contributed by atoms with Crippen LogP contribution < -0.4 is 5.73 Å². The van der Waals surface area contributed by atoms with E-state index in [0.717, 1.165) is 37.8 Å². The zero-order chi connectivity index (χ0) is 23.8. The lowest BCUT2D eigenvalue weighted by Gasteiger charge is -2.39. The summed E-state index contributed by atoms with van der Waals surface area (Å²) in [6, 6.07) is 2.90. The summed E-state index contributed by atoms with van der Waals surface area (Å²) < 4.78 is 67.6. The van der Waals surface area contributed by atoms with Crippen molar-refractivity contribution in [3.8, 4) is 0 Å². The number of benzene rings is 1. The molecule has 6 nitrogen and oxygen atoms in total. The first-order chi connectivity index (χ1) is 15.6. The van der Waals surface area contributed by atoms with Crippen LogP contribution in [-0.2, 0) is 21.0 Å². The Labute approximate surface area is 193 Å². The number of nitrogens with zero attached hydrogens (tertiary/aromatic N) is 2. The monoisotopic (exact) mass is 487 g/mol. The van der Waals surface area contributed by atoms with E-state index in [1.54, 1.807) is 4.90 Å². The Morgan fingerprint density at radius 2 is 1.61 bits per heavy atom. The number of likely N-dealkylation sites (tertiary alicyclic amines) is 1. The van der Waals surface area contributed by atoms with E-state index in [0.29, 0.717) is 44.8 Å². The molecule has 0 aromatic heterocycles. The smallest absolute Gasteiger partial charge is 0.341 e. The van der Waals surface area contributed by atoms with E-state index in [1.165, 1.54) is 16.8 Å². The van der Waals surface area contributed by atoms with Crippen molar-refractivity contribution in [2.75, 3.05) is 13.1 Å². The van der Waals surface area contributed by atoms with Crippen LogP contribution in [0.2, 0.25) is 0 Å². The highest BCUT2D eigenvalue weighted by Crippen LogP contribution is 2.38. The van der Waals surface area contributed by atoms with Crippen LogP contribution in [0.3, 0.4) is 0 Å². The molecule has 0 spiro atoms. The molecule has 0 radical (unpaired) electrons. The van der Waals surface area contributed by atoms with Crippen molar-refractivity contribution in [2.45, 2.75) is 87.0 Å². The maximum Gasteiger partial charge on any atom is 0.416 e. The Hall–Kier alpha value is -1.65. The van der Waals surface area contributed by atoms with Gasteiger partial charge in [-0.3, -0.25) is 4.79 Å². The van der Waals surface area contributed by atoms with Gasteiger partial charge in [-0.2, -0.15) is 17.5 Å². The Morgan fingerprint density at radius 3 is 2.18 bits per heavy atom. The van der Waals surface area contributed by atoms with E-state index in [-0.39, 0.29) is 28.8 Å². The third kappa shape index (κ3) is 5.38. The summed E-state index contributed by atoms with van der Waals surface area (Å²) >= 11 is 0. The van der Waals surface area contributed by atoms with Gasteiger partial charge in [-0.25, -0.2) is 8.42 Å². The van der Waals surface area contributed by atoms with Gasteiger partial charge < -0.3 is 10.6 Å². The Bertz CT molecular complexity index is 951. The third-order valence-corrected chi connectivity index (χ3v) is 9.22.